The number of para-hydroxylation sites is 1. The fraction of sp³-hybridized carbons (Fsp3) is 0.200. The van der Waals surface area contributed by atoms with Gasteiger partial charge in [0.05, 0.1) is 12.2 Å². The second-order valence-corrected chi connectivity index (χ2v) is 4.66. The quantitative estimate of drug-likeness (QED) is 0.643. The molecule has 1 aliphatic rings. The number of nitrogens with two attached hydrogens (primary N) is 1. The van der Waals surface area contributed by atoms with Gasteiger partial charge >= 0.3 is 0 Å². The average molecular weight is 268 g/mol. The van der Waals surface area contributed by atoms with Crippen molar-refractivity contribution in [1.82, 2.24) is 4.98 Å². The molecule has 1 aromatic carbocycles. The summed E-state index contributed by atoms with van der Waals surface area (Å²) in [6, 6.07) is 11.8. The van der Waals surface area contributed by atoms with Crippen LogP contribution in [-0.2, 0) is 6.54 Å². The van der Waals surface area contributed by atoms with Gasteiger partial charge in [-0.3, -0.25) is 10.4 Å². The van der Waals surface area contributed by atoms with Crippen LogP contribution in [0.15, 0.2) is 42.6 Å². The van der Waals surface area contributed by atoms with Crippen LogP contribution in [0.1, 0.15) is 11.3 Å². The van der Waals surface area contributed by atoms with Crippen molar-refractivity contribution in [2.45, 2.75) is 6.54 Å². The number of rotatable bonds is 2. The molecule has 102 valence electrons. The van der Waals surface area contributed by atoms with E-state index in [1.165, 1.54) is 0 Å². The largest absolute Gasteiger partial charge is 0.491 e. The summed E-state index contributed by atoms with van der Waals surface area (Å²) in [4.78, 5) is 6.36. The maximum atomic E-state index is 7.65. The molecule has 0 radical (unpaired) electrons. The molecule has 5 nitrogen and oxygen atoms in total. The van der Waals surface area contributed by atoms with Gasteiger partial charge in [0.25, 0.3) is 0 Å². The molecule has 0 unspecified atom stereocenters. The van der Waals surface area contributed by atoms with E-state index in [1.807, 2.05) is 30.3 Å². The number of nitrogen functional groups attached to an aromatic ring is 1. The highest BCUT2D eigenvalue weighted by atomic mass is 16.5. The predicted octanol–water partition coefficient (Wildman–Crippen LogP) is 1.76. The first-order valence-corrected chi connectivity index (χ1v) is 6.51. The van der Waals surface area contributed by atoms with Crippen molar-refractivity contribution in [3.8, 4) is 5.75 Å². The van der Waals surface area contributed by atoms with Crippen LogP contribution in [0.5, 0.6) is 5.75 Å². The van der Waals surface area contributed by atoms with Gasteiger partial charge in [-0.05, 0) is 18.2 Å². The normalized spacial score (nSPS) is 14.1. The molecule has 1 aliphatic heterocycles. The van der Waals surface area contributed by atoms with Crippen molar-refractivity contribution in [2.24, 2.45) is 5.73 Å². The molecule has 2 heterocycles. The Kier molecular flexibility index (Phi) is 3.25. The lowest BCUT2D eigenvalue weighted by molar-refractivity contribution is 0.331. The number of amidine groups is 1. The summed E-state index contributed by atoms with van der Waals surface area (Å²) in [7, 11) is 0. The number of ether oxygens (including phenoxy) is 1. The first-order chi connectivity index (χ1) is 9.75. The number of nitrogens with one attached hydrogen (secondary N) is 1. The minimum atomic E-state index is -0.0148. The van der Waals surface area contributed by atoms with E-state index in [2.05, 4.69) is 16.0 Å². The van der Waals surface area contributed by atoms with Crippen LogP contribution in [0.3, 0.4) is 0 Å². The van der Waals surface area contributed by atoms with Crippen LogP contribution in [0.2, 0.25) is 0 Å². The number of pyridine rings is 1. The fourth-order valence-corrected chi connectivity index (χ4v) is 2.39. The fourth-order valence-electron chi connectivity index (χ4n) is 2.39. The van der Waals surface area contributed by atoms with Gasteiger partial charge in [-0.25, -0.2) is 0 Å². The lowest BCUT2D eigenvalue weighted by Gasteiger charge is -2.23. The SMILES string of the molecule is N=C(N)c1ncccc1N1CCOc2ccccc2C1. The highest BCUT2D eigenvalue weighted by molar-refractivity contribution is 5.98. The van der Waals surface area contributed by atoms with E-state index in [4.69, 9.17) is 15.9 Å². The molecule has 1 aromatic heterocycles. The van der Waals surface area contributed by atoms with E-state index in [9.17, 15) is 0 Å². The number of anilines is 1. The summed E-state index contributed by atoms with van der Waals surface area (Å²) in [6.07, 6.45) is 1.66. The zero-order valence-electron chi connectivity index (χ0n) is 11.0. The Morgan fingerprint density at radius 1 is 1.25 bits per heavy atom. The van der Waals surface area contributed by atoms with Crippen LogP contribution in [-0.4, -0.2) is 24.0 Å². The Morgan fingerprint density at radius 3 is 2.95 bits per heavy atom. The van der Waals surface area contributed by atoms with Crippen molar-refractivity contribution in [2.75, 3.05) is 18.1 Å². The van der Waals surface area contributed by atoms with Crippen LogP contribution < -0.4 is 15.4 Å². The molecule has 5 heteroatoms. The molecule has 3 rings (SSSR count). The minimum Gasteiger partial charge on any atom is -0.491 e. The molecular formula is C15H16N4O. The number of hydrogen-bond acceptors (Lipinski definition) is 4. The number of aromatic nitrogens is 1. The van der Waals surface area contributed by atoms with E-state index >= 15 is 0 Å². The average Bonchev–Trinajstić information content (AvgIpc) is 2.69. The Hall–Kier alpha value is -2.56. The van der Waals surface area contributed by atoms with Crippen molar-refractivity contribution >= 4 is 11.5 Å². The van der Waals surface area contributed by atoms with Gasteiger partial charge in [-0.2, -0.15) is 0 Å². The number of hydrogen-bond donors (Lipinski definition) is 2. The van der Waals surface area contributed by atoms with Crippen LogP contribution in [0.4, 0.5) is 5.69 Å². The van der Waals surface area contributed by atoms with Crippen LogP contribution in [0.25, 0.3) is 0 Å². The first-order valence-electron chi connectivity index (χ1n) is 6.51. The molecule has 0 spiro atoms. The summed E-state index contributed by atoms with van der Waals surface area (Å²) >= 11 is 0. The summed E-state index contributed by atoms with van der Waals surface area (Å²) < 4.78 is 5.75. The third-order valence-corrected chi connectivity index (χ3v) is 3.33. The third kappa shape index (κ3) is 2.30. The molecule has 0 fully saturated rings. The number of benzene rings is 1. The number of fused-ring (bicyclic) bond motifs is 1. The summed E-state index contributed by atoms with van der Waals surface area (Å²) in [6.45, 7) is 2.06. The van der Waals surface area contributed by atoms with Crippen molar-refractivity contribution in [1.29, 1.82) is 5.41 Å². The third-order valence-electron chi connectivity index (χ3n) is 3.33. The van der Waals surface area contributed by atoms with E-state index in [0.29, 0.717) is 12.3 Å². The van der Waals surface area contributed by atoms with Crippen molar-refractivity contribution < 1.29 is 4.74 Å². The first kappa shape index (κ1) is 12.5. The Balaban J connectivity index is 1.98. The van der Waals surface area contributed by atoms with Gasteiger partial charge in [0.15, 0.2) is 0 Å². The summed E-state index contributed by atoms with van der Waals surface area (Å²) in [5, 5.41) is 7.65. The van der Waals surface area contributed by atoms with Gasteiger partial charge in [0, 0.05) is 18.3 Å². The van der Waals surface area contributed by atoms with Crippen LogP contribution >= 0.6 is 0 Å². The Morgan fingerprint density at radius 2 is 2.10 bits per heavy atom. The standard InChI is InChI=1S/C15H16N4O/c16-15(17)14-12(5-3-7-18-14)19-8-9-20-13-6-2-1-4-11(13)10-19/h1-7H,8-10H2,(H3,16,17). The van der Waals surface area contributed by atoms with E-state index < -0.39 is 0 Å². The molecule has 0 saturated heterocycles. The van der Waals surface area contributed by atoms with Gasteiger partial charge in [-0.1, -0.05) is 18.2 Å². The highest BCUT2D eigenvalue weighted by Crippen LogP contribution is 2.27. The molecule has 3 N–H and O–H groups in total. The summed E-state index contributed by atoms with van der Waals surface area (Å²) in [5.41, 5.74) is 8.14. The van der Waals surface area contributed by atoms with E-state index in [-0.39, 0.29) is 5.84 Å². The predicted molar refractivity (Wildman–Crippen MR) is 78.2 cm³/mol. The summed E-state index contributed by atoms with van der Waals surface area (Å²) in [5.74, 6) is 0.905. The molecule has 0 bridgehead atoms. The topological polar surface area (TPSA) is 75.2 Å². The van der Waals surface area contributed by atoms with Gasteiger partial charge < -0.3 is 15.4 Å². The van der Waals surface area contributed by atoms with Crippen LogP contribution in [0, 0.1) is 5.41 Å². The van der Waals surface area contributed by atoms with Crippen molar-refractivity contribution in [3.63, 3.8) is 0 Å². The molecule has 0 aliphatic carbocycles. The maximum absolute atomic E-state index is 7.65. The Labute approximate surface area is 117 Å². The smallest absolute Gasteiger partial charge is 0.143 e. The zero-order chi connectivity index (χ0) is 13.9. The molecule has 20 heavy (non-hydrogen) atoms. The molecule has 0 amide bonds. The second-order valence-electron chi connectivity index (χ2n) is 4.66. The minimum absolute atomic E-state index is 0.0148. The number of nitrogens with zero attached hydrogens (tertiary/aromatic N) is 2. The maximum Gasteiger partial charge on any atom is 0.143 e. The van der Waals surface area contributed by atoms with Crippen molar-refractivity contribution in [3.05, 3.63) is 53.9 Å². The van der Waals surface area contributed by atoms with E-state index in [0.717, 1.165) is 30.1 Å². The highest BCUT2D eigenvalue weighted by Gasteiger charge is 2.18. The van der Waals surface area contributed by atoms with E-state index in [1.54, 1.807) is 6.20 Å². The molecule has 0 atom stereocenters. The Bertz CT molecular complexity index is 641. The lowest BCUT2D eigenvalue weighted by atomic mass is 10.1. The molecule has 2 aromatic rings. The zero-order valence-corrected chi connectivity index (χ0v) is 11.0. The van der Waals surface area contributed by atoms with Gasteiger partial charge in [0.1, 0.15) is 23.9 Å². The second kappa shape index (κ2) is 5.21. The molecular weight excluding hydrogens is 252 g/mol. The van der Waals surface area contributed by atoms with Gasteiger partial charge in [0.2, 0.25) is 0 Å². The van der Waals surface area contributed by atoms with Gasteiger partial charge in [-0.15, -0.1) is 0 Å². The molecule has 0 saturated carbocycles. The lowest BCUT2D eigenvalue weighted by Crippen LogP contribution is -2.28. The monoisotopic (exact) mass is 268 g/mol.